The van der Waals surface area contributed by atoms with Crippen LogP contribution in [0.2, 0.25) is 0 Å². The Labute approximate surface area is 95.5 Å². The summed E-state index contributed by atoms with van der Waals surface area (Å²) in [7, 11) is 0. The first-order valence-electron chi connectivity index (χ1n) is 6.27. The lowest BCUT2D eigenvalue weighted by Crippen LogP contribution is -2.21. The van der Waals surface area contributed by atoms with E-state index in [-0.39, 0.29) is 0 Å². The van der Waals surface area contributed by atoms with E-state index in [2.05, 4.69) is 34.3 Å². The highest BCUT2D eigenvalue weighted by molar-refractivity contribution is 5.75. The van der Waals surface area contributed by atoms with Crippen molar-refractivity contribution in [2.75, 3.05) is 0 Å². The van der Waals surface area contributed by atoms with Crippen LogP contribution in [0.1, 0.15) is 53.4 Å². The number of hydrogen-bond donors (Lipinski definition) is 1. The average molecular weight is 209 g/mol. The Hall–Kier alpha value is -0.590. The van der Waals surface area contributed by atoms with Crippen molar-refractivity contribution < 1.29 is 0 Å². The monoisotopic (exact) mass is 209 g/mol. The molecule has 0 heterocycles. The van der Waals surface area contributed by atoms with Gasteiger partial charge in [-0.2, -0.15) is 0 Å². The summed E-state index contributed by atoms with van der Waals surface area (Å²) in [4.78, 5) is 0. The van der Waals surface area contributed by atoms with E-state index in [1.807, 2.05) is 0 Å². The molecule has 0 aromatic carbocycles. The zero-order valence-electron chi connectivity index (χ0n) is 10.8. The van der Waals surface area contributed by atoms with E-state index >= 15 is 0 Å². The van der Waals surface area contributed by atoms with Gasteiger partial charge in [0, 0.05) is 6.21 Å². The van der Waals surface area contributed by atoms with Gasteiger partial charge in [0.25, 0.3) is 0 Å². The molecule has 1 nitrogen and oxygen atoms in total. The van der Waals surface area contributed by atoms with Crippen LogP contribution < -0.4 is 0 Å². The molecule has 0 saturated carbocycles. The second kappa shape index (κ2) is 7.67. The summed E-state index contributed by atoms with van der Waals surface area (Å²) in [5, 5.41) is 7.26. The summed E-state index contributed by atoms with van der Waals surface area (Å²) in [6.07, 6.45) is 6.52. The largest absolute Gasteiger partial charge is 0.308 e. The molecule has 0 aliphatic heterocycles. The van der Waals surface area contributed by atoms with Crippen molar-refractivity contribution >= 4 is 6.21 Å². The molecule has 0 spiro atoms. The van der Waals surface area contributed by atoms with Crippen LogP contribution in [0.25, 0.3) is 0 Å². The summed E-state index contributed by atoms with van der Waals surface area (Å²) in [5.41, 5.74) is 0.977. The zero-order chi connectivity index (χ0) is 11.8. The number of rotatable bonds is 8. The van der Waals surface area contributed by atoms with Gasteiger partial charge < -0.3 is 5.41 Å². The van der Waals surface area contributed by atoms with Gasteiger partial charge in [0.2, 0.25) is 0 Å². The lowest BCUT2D eigenvalue weighted by Gasteiger charge is -2.29. The Bertz CT molecular complexity index is 196. The summed E-state index contributed by atoms with van der Waals surface area (Å²) >= 11 is 0. The highest BCUT2D eigenvalue weighted by atomic mass is 14.4. The quantitative estimate of drug-likeness (QED) is 0.561. The summed E-state index contributed by atoms with van der Waals surface area (Å²) in [6, 6.07) is 0. The smallest absolute Gasteiger partial charge is 0.0206 e. The van der Waals surface area contributed by atoms with Crippen molar-refractivity contribution in [1.82, 2.24) is 0 Å². The highest BCUT2D eigenvalue weighted by Gasteiger charge is 2.22. The lowest BCUT2D eigenvalue weighted by molar-refractivity contribution is 0.261. The minimum Gasteiger partial charge on any atom is -0.308 e. The molecule has 0 saturated heterocycles. The Morgan fingerprint density at radius 2 is 1.93 bits per heavy atom. The summed E-state index contributed by atoms with van der Waals surface area (Å²) in [6.45, 7) is 13.0. The number of allylic oxidation sites excluding steroid dienone is 1. The molecule has 0 fully saturated rings. The van der Waals surface area contributed by atoms with Crippen LogP contribution in [-0.2, 0) is 0 Å². The average Bonchev–Trinajstić information content (AvgIpc) is 2.25. The van der Waals surface area contributed by atoms with Gasteiger partial charge in [0.05, 0.1) is 0 Å². The molecule has 1 N–H and O–H groups in total. The maximum Gasteiger partial charge on any atom is 0.0206 e. The predicted octanol–water partition coefficient (Wildman–Crippen LogP) is 4.68. The predicted molar refractivity (Wildman–Crippen MR) is 69.6 cm³/mol. The minimum atomic E-state index is 0.458. The molecule has 0 rings (SSSR count). The Morgan fingerprint density at radius 3 is 2.33 bits per heavy atom. The van der Waals surface area contributed by atoms with Crippen LogP contribution in [0.4, 0.5) is 0 Å². The molecule has 3 atom stereocenters. The molecule has 0 amide bonds. The molecule has 0 aromatic rings. The van der Waals surface area contributed by atoms with Gasteiger partial charge in [-0.3, -0.25) is 0 Å². The van der Waals surface area contributed by atoms with E-state index in [1.54, 1.807) is 0 Å². The third-order valence-electron chi connectivity index (χ3n) is 3.63. The van der Waals surface area contributed by atoms with Crippen molar-refractivity contribution in [1.29, 1.82) is 5.41 Å². The first-order valence-corrected chi connectivity index (χ1v) is 6.27. The molecule has 0 bridgehead atoms. The fourth-order valence-electron chi connectivity index (χ4n) is 2.40. The topological polar surface area (TPSA) is 23.9 Å². The number of nitrogens with one attached hydrogen (secondary N) is 1. The highest BCUT2D eigenvalue weighted by Crippen LogP contribution is 2.31. The van der Waals surface area contributed by atoms with Gasteiger partial charge in [0.1, 0.15) is 0 Å². The third kappa shape index (κ3) is 4.63. The zero-order valence-corrected chi connectivity index (χ0v) is 10.8. The molecule has 15 heavy (non-hydrogen) atoms. The molecule has 0 aliphatic carbocycles. The van der Waals surface area contributed by atoms with Gasteiger partial charge in [-0.1, -0.05) is 60.0 Å². The van der Waals surface area contributed by atoms with Crippen LogP contribution in [0, 0.1) is 23.2 Å². The van der Waals surface area contributed by atoms with E-state index in [0.717, 1.165) is 11.5 Å². The third-order valence-corrected chi connectivity index (χ3v) is 3.63. The summed E-state index contributed by atoms with van der Waals surface area (Å²) in [5.74, 6) is 1.90. The van der Waals surface area contributed by atoms with Crippen LogP contribution in [0.15, 0.2) is 12.2 Å². The first-order chi connectivity index (χ1) is 7.08. The van der Waals surface area contributed by atoms with Crippen LogP contribution in [-0.4, -0.2) is 6.21 Å². The lowest BCUT2D eigenvalue weighted by atomic mass is 9.76. The van der Waals surface area contributed by atoms with Crippen LogP contribution >= 0.6 is 0 Å². The van der Waals surface area contributed by atoms with E-state index in [4.69, 9.17) is 5.41 Å². The van der Waals surface area contributed by atoms with Crippen molar-refractivity contribution in [2.24, 2.45) is 17.8 Å². The standard InChI is InChI=1S/C14H27N/c1-6-8-9-11(3)14(7-2)13(5)12(4)10-15/h10-11,13-15H,4,6-9H2,1-3,5H3/t11-,13-,14?/m0/s1. The van der Waals surface area contributed by atoms with Crippen molar-refractivity contribution in [3.05, 3.63) is 12.2 Å². The van der Waals surface area contributed by atoms with Gasteiger partial charge in [-0.25, -0.2) is 0 Å². The molecule has 1 heteroatoms. The molecular weight excluding hydrogens is 182 g/mol. The second-order valence-electron chi connectivity index (χ2n) is 4.70. The molecule has 0 aliphatic rings. The minimum absolute atomic E-state index is 0.458. The fourth-order valence-corrected chi connectivity index (χ4v) is 2.40. The van der Waals surface area contributed by atoms with Gasteiger partial charge in [-0.05, 0) is 23.3 Å². The van der Waals surface area contributed by atoms with Gasteiger partial charge in [-0.15, -0.1) is 0 Å². The summed E-state index contributed by atoms with van der Waals surface area (Å²) < 4.78 is 0. The van der Waals surface area contributed by atoms with E-state index in [9.17, 15) is 0 Å². The maximum absolute atomic E-state index is 7.26. The van der Waals surface area contributed by atoms with Crippen LogP contribution in [0.5, 0.6) is 0 Å². The molecule has 1 unspecified atom stereocenters. The van der Waals surface area contributed by atoms with Crippen molar-refractivity contribution in [3.63, 3.8) is 0 Å². The second-order valence-corrected chi connectivity index (χ2v) is 4.70. The fraction of sp³-hybridized carbons (Fsp3) is 0.786. The number of hydrogen-bond acceptors (Lipinski definition) is 1. The Kier molecular flexibility index (Phi) is 7.37. The maximum atomic E-state index is 7.26. The van der Waals surface area contributed by atoms with E-state index in [0.29, 0.717) is 11.8 Å². The molecule has 0 radical (unpaired) electrons. The first kappa shape index (κ1) is 14.4. The molecule has 0 aromatic heterocycles. The van der Waals surface area contributed by atoms with Gasteiger partial charge in [0.15, 0.2) is 0 Å². The van der Waals surface area contributed by atoms with Crippen LogP contribution in [0.3, 0.4) is 0 Å². The molecule has 88 valence electrons. The van der Waals surface area contributed by atoms with E-state index in [1.165, 1.54) is 31.9 Å². The van der Waals surface area contributed by atoms with Crippen molar-refractivity contribution in [3.8, 4) is 0 Å². The molecular formula is C14H27N. The van der Waals surface area contributed by atoms with Gasteiger partial charge >= 0.3 is 0 Å². The Balaban J connectivity index is 4.32. The Morgan fingerprint density at radius 1 is 1.33 bits per heavy atom. The normalized spacial score (nSPS) is 16.8. The number of unbranched alkanes of at least 4 members (excludes halogenated alkanes) is 1. The SMILES string of the molecule is C=C(C=N)[C@H](C)C(CC)[C@@H](C)CCCC. The van der Waals surface area contributed by atoms with Crippen molar-refractivity contribution in [2.45, 2.75) is 53.4 Å². The van der Waals surface area contributed by atoms with E-state index < -0.39 is 0 Å².